The summed E-state index contributed by atoms with van der Waals surface area (Å²) >= 11 is 0. The number of hydrogen-bond donors (Lipinski definition) is 1. The topological polar surface area (TPSA) is 37.8 Å². The second kappa shape index (κ2) is 5.55. The molecule has 0 saturated carbocycles. The third-order valence-corrected chi connectivity index (χ3v) is 2.70. The van der Waals surface area contributed by atoms with Gasteiger partial charge in [-0.25, -0.2) is 0 Å². The van der Waals surface area contributed by atoms with E-state index < -0.39 is 0 Å². The summed E-state index contributed by atoms with van der Waals surface area (Å²) < 4.78 is 0. The summed E-state index contributed by atoms with van der Waals surface area (Å²) in [5, 5.41) is 3.43. The molecule has 1 atom stereocenters. The molecule has 1 aromatic carbocycles. The summed E-state index contributed by atoms with van der Waals surface area (Å²) in [6.45, 7) is 5.08. The number of nitrogens with zero attached hydrogens (tertiary/aromatic N) is 2. The predicted octanol–water partition coefficient (Wildman–Crippen LogP) is 2.48. The first-order valence-corrected chi connectivity index (χ1v) is 5.87. The average molecular weight is 227 g/mol. The van der Waals surface area contributed by atoms with Crippen LogP contribution >= 0.6 is 0 Å². The van der Waals surface area contributed by atoms with E-state index in [2.05, 4.69) is 53.4 Å². The second-order valence-corrected chi connectivity index (χ2v) is 4.03. The van der Waals surface area contributed by atoms with E-state index in [0.717, 1.165) is 12.2 Å². The summed E-state index contributed by atoms with van der Waals surface area (Å²) in [5.41, 5.74) is 3.44. The Bertz CT molecular complexity index is 451. The molecule has 0 aliphatic heterocycles. The van der Waals surface area contributed by atoms with Gasteiger partial charge in [0.1, 0.15) is 0 Å². The third-order valence-electron chi connectivity index (χ3n) is 2.70. The highest BCUT2D eigenvalue weighted by molar-refractivity contribution is 5.29. The highest BCUT2D eigenvalue weighted by atomic mass is 14.9. The van der Waals surface area contributed by atoms with E-state index >= 15 is 0 Å². The number of benzene rings is 1. The number of nitrogens with one attached hydrogen (secondary N) is 1. The number of hydrogen-bond acceptors (Lipinski definition) is 3. The maximum Gasteiger partial charge on any atom is 0.0801 e. The van der Waals surface area contributed by atoms with Gasteiger partial charge in [-0.2, -0.15) is 0 Å². The number of aromatic nitrogens is 2. The Balaban J connectivity index is 2.32. The summed E-state index contributed by atoms with van der Waals surface area (Å²) in [7, 11) is 0. The van der Waals surface area contributed by atoms with E-state index in [-0.39, 0.29) is 6.04 Å². The fourth-order valence-electron chi connectivity index (χ4n) is 1.82. The van der Waals surface area contributed by atoms with E-state index in [1.165, 1.54) is 11.1 Å². The van der Waals surface area contributed by atoms with Crippen LogP contribution in [-0.2, 0) is 0 Å². The quantitative estimate of drug-likeness (QED) is 0.872. The van der Waals surface area contributed by atoms with Crippen molar-refractivity contribution in [2.45, 2.75) is 19.9 Å². The fraction of sp³-hybridized carbons (Fsp3) is 0.286. The van der Waals surface area contributed by atoms with Gasteiger partial charge in [-0.15, -0.1) is 0 Å². The van der Waals surface area contributed by atoms with Crippen molar-refractivity contribution in [3.63, 3.8) is 0 Å². The van der Waals surface area contributed by atoms with Crippen LogP contribution in [0.2, 0.25) is 0 Å². The van der Waals surface area contributed by atoms with Gasteiger partial charge < -0.3 is 5.32 Å². The van der Waals surface area contributed by atoms with Crippen LogP contribution in [0, 0.1) is 6.92 Å². The SMILES string of the molecule is CCNC(c1ccc(C)cc1)c1cnccn1. The molecule has 2 rings (SSSR count). The van der Waals surface area contributed by atoms with Gasteiger partial charge in [0.15, 0.2) is 0 Å². The van der Waals surface area contributed by atoms with E-state index in [9.17, 15) is 0 Å². The van der Waals surface area contributed by atoms with E-state index in [0.29, 0.717) is 0 Å². The minimum absolute atomic E-state index is 0.120. The lowest BCUT2D eigenvalue weighted by Crippen LogP contribution is -2.23. The summed E-state index contributed by atoms with van der Waals surface area (Å²) in [6, 6.07) is 8.63. The zero-order valence-corrected chi connectivity index (χ0v) is 10.2. The molecule has 0 fully saturated rings. The standard InChI is InChI=1S/C14H17N3/c1-3-16-14(13-10-15-8-9-17-13)12-6-4-11(2)5-7-12/h4-10,14,16H,3H2,1-2H3. The molecule has 0 aliphatic carbocycles. The molecule has 0 radical (unpaired) electrons. The second-order valence-electron chi connectivity index (χ2n) is 4.03. The first-order chi connectivity index (χ1) is 8.31. The zero-order chi connectivity index (χ0) is 12.1. The molecule has 1 aromatic heterocycles. The lowest BCUT2D eigenvalue weighted by molar-refractivity contribution is 0.612. The van der Waals surface area contributed by atoms with Crippen molar-refractivity contribution in [2.75, 3.05) is 6.54 Å². The van der Waals surface area contributed by atoms with E-state index in [1.807, 2.05) is 6.20 Å². The molecule has 88 valence electrons. The highest BCUT2D eigenvalue weighted by Crippen LogP contribution is 2.19. The molecular formula is C14H17N3. The third kappa shape index (κ3) is 2.88. The minimum Gasteiger partial charge on any atom is -0.305 e. The smallest absolute Gasteiger partial charge is 0.0801 e. The van der Waals surface area contributed by atoms with Crippen LogP contribution in [-0.4, -0.2) is 16.5 Å². The Morgan fingerprint density at radius 1 is 1.18 bits per heavy atom. The van der Waals surface area contributed by atoms with Gasteiger partial charge in [0.25, 0.3) is 0 Å². The molecule has 0 spiro atoms. The lowest BCUT2D eigenvalue weighted by atomic mass is 10.0. The van der Waals surface area contributed by atoms with Gasteiger partial charge >= 0.3 is 0 Å². The first kappa shape index (κ1) is 11.7. The summed E-state index contributed by atoms with van der Waals surface area (Å²) in [5.74, 6) is 0. The Hall–Kier alpha value is -1.74. The molecule has 0 aliphatic rings. The molecule has 0 bridgehead atoms. The molecule has 3 heteroatoms. The largest absolute Gasteiger partial charge is 0.305 e. The zero-order valence-electron chi connectivity index (χ0n) is 10.2. The highest BCUT2D eigenvalue weighted by Gasteiger charge is 2.13. The predicted molar refractivity (Wildman–Crippen MR) is 68.7 cm³/mol. The molecule has 17 heavy (non-hydrogen) atoms. The van der Waals surface area contributed by atoms with Crippen LogP contribution in [0.4, 0.5) is 0 Å². The summed E-state index contributed by atoms with van der Waals surface area (Å²) in [6.07, 6.45) is 5.24. The lowest BCUT2D eigenvalue weighted by Gasteiger charge is -2.17. The van der Waals surface area contributed by atoms with Gasteiger partial charge in [-0.1, -0.05) is 36.8 Å². The van der Waals surface area contributed by atoms with Crippen LogP contribution in [0.5, 0.6) is 0 Å². The van der Waals surface area contributed by atoms with Crippen molar-refractivity contribution in [1.82, 2.24) is 15.3 Å². The van der Waals surface area contributed by atoms with Crippen molar-refractivity contribution >= 4 is 0 Å². The van der Waals surface area contributed by atoms with Crippen LogP contribution in [0.3, 0.4) is 0 Å². The minimum atomic E-state index is 0.120. The van der Waals surface area contributed by atoms with E-state index in [1.54, 1.807) is 12.4 Å². The molecule has 0 saturated heterocycles. The van der Waals surface area contributed by atoms with Crippen molar-refractivity contribution in [2.24, 2.45) is 0 Å². The summed E-state index contributed by atoms with van der Waals surface area (Å²) in [4.78, 5) is 8.50. The molecule has 2 aromatic rings. The Kier molecular flexibility index (Phi) is 3.83. The fourth-order valence-corrected chi connectivity index (χ4v) is 1.82. The maximum atomic E-state index is 4.37. The van der Waals surface area contributed by atoms with Gasteiger partial charge in [0.2, 0.25) is 0 Å². The van der Waals surface area contributed by atoms with Gasteiger partial charge in [-0.3, -0.25) is 9.97 Å². The molecule has 1 N–H and O–H groups in total. The number of rotatable bonds is 4. The average Bonchev–Trinajstić information content (AvgIpc) is 2.38. The Labute approximate surface area is 102 Å². The van der Waals surface area contributed by atoms with Crippen molar-refractivity contribution in [3.8, 4) is 0 Å². The van der Waals surface area contributed by atoms with Crippen molar-refractivity contribution in [1.29, 1.82) is 0 Å². The van der Waals surface area contributed by atoms with Crippen LogP contribution in [0.15, 0.2) is 42.9 Å². The monoisotopic (exact) mass is 227 g/mol. The van der Waals surface area contributed by atoms with Gasteiger partial charge in [-0.05, 0) is 19.0 Å². The number of aryl methyl sites for hydroxylation is 1. The molecule has 0 amide bonds. The molecule has 1 heterocycles. The molecular weight excluding hydrogens is 210 g/mol. The van der Waals surface area contributed by atoms with Crippen molar-refractivity contribution < 1.29 is 0 Å². The van der Waals surface area contributed by atoms with Gasteiger partial charge in [0.05, 0.1) is 17.9 Å². The molecule has 1 unspecified atom stereocenters. The van der Waals surface area contributed by atoms with Crippen LogP contribution in [0.1, 0.15) is 29.8 Å². The first-order valence-electron chi connectivity index (χ1n) is 5.87. The maximum absolute atomic E-state index is 4.37. The van der Waals surface area contributed by atoms with Crippen LogP contribution < -0.4 is 5.32 Å². The van der Waals surface area contributed by atoms with E-state index in [4.69, 9.17) is 0 Å². The van der Waals surface area contributed by atoms with Crippen LogP contribution in [0.25, 0.3) is 0 Å². The Morgan fingerprint density at radius 2 is 1.94 bits per heavy atom. The Morgan fingerprint density at radius 3 is 2.53 bits per heavy atom. The van der Waals surface area contributed by atoms with Crippen molar-refractivity contribution in [3.05, 3.63) is 59.7 Å². The normalized spacial score (nSPS) is 12.4. The molecule has 3 nitrogen and oxygen atoms in total. The van der Waals surface area contributed by atoms with Gasteiger partial charge in [0, 0.05) is 12.4 Å².